The Morgan fingerprint density at radius 3 is 2.27 bits per heavy atom. The van der Waals surface area contributed by atoms with Crippen LogP contribution in [0, 0.1) is 0 Å². The highest BCUT2D eigenvalue weighted by molar-refractivity contribution is 5.73. The van der Waals surface area contributed by atoms with Crippen molar-refractivity contribution in [3.8, 4) is 22.8 Å². The largest absolute Gasteiger partial charge is 0.507 e. The summed E-state index contributed by atoms with van der Waals surface area (Å²) in [5.74, 6) is 0.838. The van der Waals surface area contributed by atoms with E-state index >= 15 is 0 Å². The molecule has 1 aromatic carbocycles. The van der Waals surface area contributed by atoms with Crippen molar-refractivity contribution >= 4 is 0 Å². The average molecular weight is 359 g/mol. The van der Waals surface area contributed by atoms with E-state index in [2.05, 4.69) is 64.0 Å². The Labute approximate surface area is 158 Å². The standard InChI is InChI=1S/C21H30N2O2.CH4/c1-20(2,3)16-10-15(13-23-21(4,5)6)19(24)17(12-16)14-8-9-22-18(11-14)25-7;/h8-12,23-24H,13H2,1-7H3;1H4. The molecule has 0 atom stereocenters. The summed E-state index contributed by atoms with van der Waals surface area (Å²) in [5, 5.41) is 14.4. The number of ether oxygens (including phenoxy) is 1. The number of hydrogen-bond acceptors (Lipinski definition) is 4. The van der Waals surface area contributed by atoms with E-state index in [9.17, 15) is 5.11 Å². The van der Waals surface area contributed by atoms with Crippen LogP contribution in [0.2, 0.25) is 0 Å². The molecule has 4 nitrogen and oxygen atoms in total. The van der Waals surface area contributed by atoms with Crippen molar-refractivity contribution in [2.24, 2.45) is 0 Å². The Hall–Kier alpha value is -2.07. The van der Waals surface area contributed by atoms with Gasteiger partial charge < -0.3 is 15.2 Å². The maximum atomic E-state index is 10.9. The zero-order valence-corrected chi connectivity index (χ0v) is 16.4. The number of benzene rings is 1. The Balaban J connectivity index is 0.00000338. The van der Waals surface area contributed by atoms with Gasteiger partial charge in [0.15, 0.2) is 0 Å². The number of phenolic OH excluding ortho intramolecular Hbond substituents is 1. The summed E-state index contributed by atoms with van der Waals surface area (Å²) in [6, 6.07) is 7.90. The number of rotatable bonds is 4. The summed E-state index contributed by atoms with van der Waals surface area (Å²) in [6.45, 7) is 13.5. The van der Waals surface area contributed by atoms with Gasteiger partial charge in [0.1, 0.15) is 5.75 Å². The van der Waals surface area contributed by atoms with Crippen LogP contribution in [0.5, 0.6) is 11.6 Å². The predicted molar refractivity (Wildman–Crippen MR) is 110 cm³/mol. The molecule has 0 amide bonds. The molecule has 0 fully saturated rings. The van der Waals surface area contributed by atoms with Gasteiger partial charge in [-0.2, -0.15) is 0 Å². The molecule has 2 rings (SSSR count). The first kappa shape index (κ1) is 22.0. The van der Waals surface area contributed by atoms with Crippen LogP contribution >= 0.6 is 0 Å². The molecule has 0 saturated carbocycles. The normalized spacial score (nSPS) is 11.8. The molecule has 144 valence electrons. The first-order valence-electron chi connectivity index (χ1n) is 8.63. The Morgan fingerprint density at radius 1 is 1.08 bits per heavy atom. The summed E-state index contributed by atoms with van der Waals surface area (Å²) >= 11 is 0. The zero-order chi connectivity index (χ0) is 18.8. The van der Waals surface area contributed by atoms with Gasteiger partial charge in [-0.25, -0.2) is 4.98 Å². The Kier molecular flexibility index (Phi) is 6.83. The topological polar surface area (TPSA) is 54.4 Å². The summed E-state index contributed by atoms with van der Waals surface area (Å²) in [7, 11) is 1.59. The van der Waals surface area contributed by atoms with Crippen LogP contribution in [-0.2, 0) is 12.0 Å². The number of nitrogens with zero attached hydrogens (tertiary/aromatic N) is 1. The zero-order valence-electron chi connectivity index (χ0n) is 16.4. The summed E-state index contributed by atoms with van der Waals surface area (Å²) in [6.07, 6.45) is 1.70. The van der Waals surface area contributed by atoms with Crippen molar-refractivity contribution in [2.45, 2.75) is 66.5 Å². The molecule has 0 aliphatic carbocycles. The van der Waals surface area contributed by atoms with E-state index in [0.717, 1.165) is 16.7 Å². The van der Waals surface area contributed by atoms with Gasteiger partial charge in [0, 0.05) is 35.5 Å². The number of aromatic hydroxyl groups is 1. The van der Waals surface area contributed by atoms with Gasteiger partial charge in [0.2, 0.25) is 5.88 Å². The maximum absolute atomic E-state index is 10.9. The van der Waals surface area contributed by atoms with Crippen molar-refractivity contribution in [1.29, 1.82) is 0 Å². The number of hydrogen-bond donors (Lipinski definition) is 2. The molecule has 0 unspecified atom stereocenters. The lowest BCUT2D eigenvalue weighted by Gasteiger charge is -2.25. The molecule has 2 N–H and O–H groups in total. The number of phenols is 1. The van der Waals surface area contributed by atoms with Gasteiger partial charge in [-0.05, 0) is 49.4 Å². The molecule has 1 heterocycles. The van der Waals surface area contributed by atoms with E-state index in [1.54, 1.807) is 13.3 Å². The second-order valence-electron chi connectivity index (χ2n) is 8.47. The van der Waals surface area contributed by atoms with Crippen LogP contribution in [0.4, 0.5) is 0 Å². The number of methoxy groups -OCH3 is 1. The predicted octanol–water partition coefficient (Wildman–Crippen LogP) is 5.28. The van der Waals surface area contributed by atoms with E-state index in [4.69, 9.17) is 4.74 Å². The van der Waals surface area contributed by atoms with E-state index in [0.29, 0.717) is 18.2 Å². The summed E-state index contributed by atoms with van der Waals surface area (Å²) in [4.78, 5) is 4.16. The minimum absolute atomic E-state index is 0. The SMILES string of the molecule is C.COc1cc(-c2cc(C(C)(C)C)cc(CNC(C)(C)C)c2O)ccn1. The molecule has 1 aromatic heterocycles. The second kappa shape index (κ2) is 8.09. The number of nitrogens with one attached hydrogen (secondary N) is 1. The molecule has 2 aromatic rings. The van der Waals surface area contributed by atoms with Crippen molar-refractivity contribution in [3.05, 3.63) is 41.6 Å². The lowest BCUT2D eigenvalue weighted by atomic mass is 9.83. The average Bonchev–Trinajstić information content (AvgIpc) is 2.52. The van der Waals surface area contributed by atoms with Crippen LogP contribution in [0.3, 0.4) is 0 Å². The third-order valence-corrected chi connectivity index (χ3v) is 4.12. The maximum Gasteiger partial charge on any atom is 0.213 e. The monoisotopic (exact) mass is 358 g/mol. The van der Waals surface area contributed by atoms with Crippen LogP contribution in [0.25, 0.3) is 11.1 Å². The minimum atomic E-state index is -0.0236. The highest BCUT2D eigenvalue weighted by Gasteiger charge is 2.20. The Bertz CT molecular complexity index is 741. The van der Waals surface area contributed by atoms with Crippen molar-refractivity contribution in [1.82, 2.24) is 10.3 Å². The van der Waals surface area contributed by atoms with E-state index < -0.39 is 0 Å². The van der Waals surface area contributed by atoms with Gasteiger partial charge in [0.25, 0.3) is 0 Å². The molecular weight excluding hydrogens is 324 g/mol. The van der Waals surface area contributed by atoms with Crippen LogP contribution in [0.15, 0.2) is 30.5 Å². The fourth-order valence-electron chi connectivity index (χ4n) is 2.53. The van der Waals surface area contributed by atoms with Crippen molar-refractivity contribution < 1.29 is 9.84 Å². The summed E-state index contributed by atoms with van der Waals surface area (Å²) in [5.41, 5.74) is 3.74. The lowest BCUT2D eigenvalue weighted by Crippen LogP contribution is -2.35. The van der Waals surface area contributed by atoms with Crippen LogP contribution < -0.4 is 10.1 Å². The van der Waals surface area contributed by atoms with Gasteiger partial charge in [-0.15, -0.1) is 0 Å². The van der Waals surface area contributed by atoms with Gasteiger partial charge >= 0.3 is 0 Å². The molecular formula is C22H34N2O2. The lowest BCUT2D eigenvalue weighted by molar-refractivity contribution is 0.398. The van der Waals surface area contributed by atoms with Crippen LogP contribution in [-0.4, -0.2) is 22.7 Å². The van der Waals surface area contributed by atoms with Crippen molar-refractivity contribution in [2.75, 3.05) is 7.11 Å². The second-order valence-corrected chi connectivity index (χ2v) is 8.47. The van der Waals surface area contributed by atoms with Gasteiger partial charge in [-0.1, -0.05) is 34.3 Å². The highest BCUT2D eigenvalue weighted by atomic mass is 16.5. The van der Waals surface area contributed by atoms with Crippen molar-refractivity contribution in [3.63, 3.8) is 0 Å². The van der Waals surface area contributed by atoms with Crippen LogP contribution in [0.1, 0.15) is 60.1 Å². The third kappa shape index (κ3) is 5.46. The number of aromatic nitrogens is 1. The molecule has 26 heavy (non-hydrogen) atoms. The molecule has 0 spiro atoms. The Morgan fingerprint density at radius 2 is 1.73 bits per heavy atom. The van der Waals surface area contributed by atoms with E-state index in [1.807, 2.05) is 12.1 Å². The smallest absolute Gasteiger partial charge is 0.213 e. The molecule has 0 aliphatic rings. The molecule has 0 saturated heterocycles. The molecule has 0 radical (unpaired) electrons. The fraction of sp³-hybridized carbons (Fsp3) is 0.500. The molecule has 0 bridgehead atoms. The first-order valence-corrected chi connectivity index (χ1v) is 8.63. The van der Waals surface area contributed by atoms with E-state index in [-0.39, 0.29) is 18.4 Å². The summed E-state index contributed by atoms with van der Waals surface area (Å²) < 4.78 is 5.23. The fourth-order valence-corrected chi connectivity index (χ4v) is 2.53. The highest BCUT2D eigenvalue weighted by Crippen LogP contribution is 2.38. The molecule has 4 heteroatoms. The van der Waals surface area contributed by atoms with Gasteiger partial charge in [0.05, 0.1) is 7.11 Å². The molecule has 0 aliphatic heterocycles. The first-order chi connectivity index (χ1) is 11.5. The quantitative estimate of drug-likeness (QED) is 0.780. The minimum Gasteiger partial charge on any atom is -0.507 e. The van der Waals surface area contributed by atoms with Gasteiger partial charge in [-0.3, -0.25) is 0 Å². The number of pyridine rings is 1. The third-order valence-electron chi connectivity index (χ3n) is 4.12. The van der Waals surface area contributed by atoms with E-state index in [1.165, 1.54) is 5.56 Å².